The minimum Gasteiger partial charge on any atom is -0.339 e. The molecule has 0 bridgehead atoms. The first kappa shape index (κ1) is 21.0. The molecule has 0 spiro atoms. The van der Waals surface area contributed by atoms with Gasteiger partial charge in [-0.1, -0.05) is 47.3 Å². The van der Waals surface area contributed by atoms with Crippen LogP contribution in [0.1, 0.15) is 12.3 Å². The summed E-state index contributed by atoms with van der Waals surface area (Å²) in [6.07, 6.45) is 4.87. The molecule has 3 aromatic heterocycles. The molecule has 3 heterocycles. The highest BCUT2D eigenvalue weighted by Gasteiger charge is 2.16. The van der Waals surface area contributed by atoms with Crippen molar-refractivity contribution in [3.05, 3.63) is 90.8 Å². The summed E-state index contributed by atoms with van der Waals surface area (Å²) in [6, 6.07) is 19.9. The molecule has 5 rings (SSSR count). The maximum Gasteiger partial charge on any atom is 0.226 e. The van der Waals surface area contributed by atoms with Gasteiger partial charge in [0.2, 0.25) is 11.7 Å². The third kappa shape index (κ3) is 4.83. The summed E-state index contributed by atoms with van der Waals surface area (Å²) in [5.41, 5.74) is 2.62. The first-order chi connectivity index (χ1) is 16.3. The van der Waals surface area contributed by atoms with Crippen LogP contribution in [0.25, 0.3) is 28.5 Å². The van der Waals surface area contributed by atoms with Crippen LogP contribution >= 0.6 is 11.8 Å². The summed E-state index contributed by atoms with van der Waals surface area (Å²) >= 11 is 1.58. The van der Waals surface area contributed by atoms with Crippen LogP contribution in [0.2, 0.25) is 0 Å². The van der Waals surface area contributed by atoms with E-state index < -0.39 is 0 Å². The molecular weight excluding hydrogens is 439 g/mol. The third-order valence-corrected chi connectivity index (χ3v) is 5.94. The Bertz CT molecular complexity index is 1320. The van der Waals surface area contributed by atoms with Crippen molar-refractivity contribution in [3.63, 3.8) is 0 Å². The molecule has 33 heavy (non-hydrogen) atoms. The molecule has 7 nitrogen and oxygen atoms in total. The highest BCUT2D eigenvalue weighted by atomic mass is 32.2. The van der Waals surface area contributed by atoms with Crippen molar-refractivity contribution >= 4 is 11.8 Å². The van der Waals surface area contributed by atoms with E-state index in [2.05, 4.69) is 25.3 Å². The number of aromatic nitrogens is 6. The second-order valence-corrected chi connectivity index (χ2v) is 8.25. The van der Waals surface area contributed by atoms with Gasteiger partial charge in [0.15, 0.2) is 11.0 Å². The van der Waals surface area contributed by atoms with Crippen molar-refractivity contribution in [1.82, 2.24) is 29.9 Å². The maximum absolute atomic E-state index is 13.5. The monoisotopic (exact) mass is 458 g/mol. The molecule has 5 aromatic rings. The van der Waals surface area contributed by atoms with E-state index in [1.54, 1.807) is 36.3 Å². The smallest absolute Gasteiger partial charge is 0.226 e. The van der Waals surface area contributed by atoms with Gasteiger partial charge in [0, 0.05) is 41.4 Å². The maximum atomic E-state index is 13.5. The Balaban J connectivity index is 1.29. The SMILES string of the molecule is Fc1ccc(-n2c(SCCCc3nc(-c4ccncc4)no3)nnc2-c2ccccc2)cc1. The summed E-state index contributed by atoms with van der Waals surface area (Å²) in [5.74, 6) is 2.36. The lowest BCUT2D eigenvalue weighted by atomic mass is 10.2. The van der Waals surface area contributed by atoms with Crippen LogP contribution in [0, 0.1) is 5.82 Å². The molecule has 0 saturated carbocycles. The Morgan fingerprint density at radius 2 is 1.67 bits per heavy atom. The fourth-order valence-corrected chi connectivity index (χ4v) is 4.21. The van der Waals surface area contributed by atoms with Crippen LogP contribution in [0.4, 0.5) is 4.39 Å². The molecule has 0 aliphatic rings. The van der Waals surface area contributed by atoms with Gasteiger partial charge in [-0.05, 0) is 42.8 Å². The van der Waals surface area contributed by atoms with E-state index in [-0.39, 0.29) is 5.82 Å². The van der Waals surface area contributed by atoms with E-state index >= 15 is 0 Å². The van der Waals surface area contributed by atoms with Crippen LogP contribution in [0.3, 0.4) is 0 Å². The molecule has 0 amide bonds. The van der Waals surface area contributed by atoms with Gasteiger partial charge < -0.3 is 4.52 Å². The standard InChI is InChI=1S/C24H19FN6OS/c25-19-8-10-20(11-9-19)31-23(18-5-2-1-3-6-18)28-29-24(31)33-16-4-7-21-27-22(30-32-21)17-12-14-26-15-13-17/h1-3,5-6,8-15H,4,7,16H2. The Kier molecular flexibility index (Phi) is 6.21. The molecule has 0 unspecified atom stereocenters. The summed E-state index contributed by atoms with van der Waals surface area (Å²) in [7, 11) is 0. The second kappa shape index (κ2) is 9.74. The Morgan fingerprint density at radius 1 is 0.879 bits per heavy atom. The number of nitrogens with zero attached hydrogens (tertiary/aromatic N) is 6. The normalized spacial score (nSPS) is 11.1. The number of pyridine rings is 1. The van der Waals surface area contributed by atoms with Crippen LogP contribution in [0.15, 0.2) is 88.8 Å². The van der Waals surface area contributed by atoms with E-state index in [0.29, 0.717) is 24.0 Å². The van der Waals surface area contributed by atoms with Gasteiger partial charge in [0.05, 0.1) is 0 Å². The van der Waals surface area contributed by atoms with Gasteiger partial charge in [0.25, 0.3) is 0 Å². The van der Waals surface area contributed by atoms with E-state index in [1.165, 1.54) is 12.1 Å². The van der Waals surface area contributed by atoms with Crippen LogP contribution in [-0.4, -0.2) is 35.6 Å². The Morgan fingerprint density at radius 3 is 2.45 bits per heavy atom. The zero-order valence-corrected chi connectivity index (χ0v) is 18.3. The predicted octanol–water partition coefficient (Wildman–Crippen LogP) is 5.24. The Hall–Kier alpha value is -3.85. The van der Waals surface area contributed by atoms with Crippen molar-refractivity contribution in [2.75, 3.05) is 5.75 Å². The highest BCUT2D eigenvalue weighted by molar-refractivity contribution is 7.99. The molecule has 0 fully saturated rings. The highest BCUT2D eigenvalue weighted by Crippen LogP contribution is 2.28. The average Bonchev–Trinajstić information content (AvgIpc) is 3.51. The number of hydrogen-bond donors (Lipinski definition) is 0. The topological polar surface area (TPSA) is 82.5 Å². The molecule has 2 aromatic carbocycles. The lowest BCUT2D eigenvalue weighted by Crippen LogP contribution is -2.00. The van der Waals surface area contributed by atoms with Crippen molar-refractivity contribution < 1.29 is 8.91 Å². The first-order valence-corrected chi connectivity index (χ1v) is 11.4. The molecule has 0 N–H and O–H groups in total. The molecule has 0 saturated heterocycles. The summed E-state index contributed by atoms with van der Waals surface area (Å²) in [4.78, 5) is 8.46. The summed E-state index contributed by atoms with van der Waals surface area (Å²) in [5, 5.41) is 13.6. The van der Waals surface area contributed by atoms with Crippen molar-refractivity contribution in [3.8, 4) is 28.5 Å². The number of aryl methyl sites for hydroxylation is 1. The fraction of sp³-hybridized carbons (Fsp3) is 0.125. The van der Waals surface area contributed by atoms with Gasteiger partial charge in [-0.15, -0.1) is 10.2 Å². The third-order valence-electron chi connectivity index (χ3n) is 4.92. The van der Waals surface area contributed by atoms with Crippen LogP contribution in [-0.2, 0) is 6.42 Å². The average molecular weight is 459 g/mol. The lowest BCUT2D eigenvalue weighted by molar-refractivity contribution is 0.378. The van der Waals surface area contributed by atoms with Crippen molar-refractivity contribution in [2.24, 2.45) is 0 Å². The minimum absolute atomic E-state index is 0.284. The molecular formula is C24H19FN6OS. The molecule has 9 heteroatoms. The molecule has 0 aliphatic carbocycles. The van der Waals surface area contributed by atoms with E-state index in [4.69, 9.17) is 4.52 Å². The van der Waals surface area contributed by atoms with Crippen LogP contribution in [0.5, 0.6) is 0 Å². The number of rotatable bonds is 8. The van der Waals surface area contributed by atoms with Crippen molar-refractivity contribution in [1.29, 1.82) is 0 Å². The number of thioether (sulfide) groups is 1. The quantitative estimate of drug-likeness (QED) is 0.232. The lowest BCUT2D eigenvalue weighted by Gasteiger charge is -2.10. The largest absolute Gasteiger partial charge is 0.339 e. The summed E-state index contributed by atoms with van der Waals surface area (Å²) < 4.78 is 20.8. The van der Waals surface area contributed by atoms with E-state index in [1.807, 2.05) is 47.0 Å². The van der Waals surface area contributed by atoms with Gasteiger partial charge >= 0.3 is 0 Å². The Labute approximate surface area is 193 Å². The number of halogens is 1. The van der Waals surface area contributed by atoms with Crippen molar-refractivity contribution in [2.45, 2.75) is 18.0 Å². The van der Waals surface area contributed by atoms with E-state index in [9.17, 15) is 4.39 Å². The summed E-state index contributed by atoms with van der Waals surface area (Å²) in [6.45, 7) is 0. The van der Waals surface area contributed by atoms with Gasteiger partial charge in [0.1, 0.15) is 5.82 Å². The minimum atomic E-state index is -0.284. The molecule has 0 aliphatic heterocycles. The molecule has 0 radical (unpaired) electrons. The first-order valence-electron chi connectivity index (χ1n) is 10.4. The zero-order chi connectivity index (χ0) is 22.5. The van der Waals surface area contributed by atoms with Gasteiger partial charge in [-0.3, -0.25) is 9.55 Å². The second-order valence-electron chi connectivity index (χ2n) is 7.18. The van der Waals surface area contributed by atoms with E-state index in [0.717, 1.165) is 34.1 Å². The molecule has 0 atom stereocenters. The predicted molar refractivity (Wildman–Crippen MR) is 123 cm³/mol. The number of benzene rings is 2. The van der Waals surface area contributed by atoms with Crippen LogP contribution < -0.4 is 0 Å². The zero-order valence-electron chi connectivity index (χ0n) is 17.5. The number of hydrogen-bond acceptors (Lipinski definition) is 7. The fourth-order valence-electron chi connectivity index (χ4n) is 3.32. The van der Waals surface area contributed by atoms with Gasteiger partial charge in [-0.2, -0.15) is 4.98 Å². The van der Waals surface area contributed by atoms with Gasteiger partial charge in [-0.25, -0.2) is 4.39 Å². The molecule has 164 valence electrons.